The average molecular weight is 418 g/mol. The van der Waals surface area contributed by atoms with E-state index < -0.39 is 29.8 Å². The van der Waals surface area contributed by atoms with Gasteiger partial charge in [0.1, 0.15) is 23.5 Å². The summed E-state index contributed by atoms with van der Waals surface area (Å²) in [4.78, 5) is 25.4. The predicted octanol–water partition coefficient (Wildman–Crippen LogP) is 4.85. The van der Waals surface area contributed by atoms with E-state index in [1.54, 1.807) is 32.9 Å². The van der Waals surface area contributed by atoms with E-state index in [0.29, 0.717) is 10.8 Å². The molecular formula is C22H24ClNO5. The van der Waals surface area contributed by atoms with Gasteiger partial charge in [-0.3, -0.25) is 4.90 Å². The summed E-state index contributed by atoms with van der Waals surface area (Å²) in [6.07, 6.45) is -0.964. The van der Waals surface area contributed by atoms with Gasteiger partial charge < -0.3 is 14.6 Å². The third-order valence-corrected chi connectivity index (χ3v) is 4.73. The third kappa shape index (κ3) is 5.21. The average Bonchev–Trinajstić information content (AvgIpc) is 3.07. The molecule has 2 atom stereocenters. The second kappa shape index (κ2) is 8.33. The van der Waals surface area contributed by atoms with Crippen LogP contribution >= 0.6 is 11.6 Å². The lowest BCUT2D eigenvalue weighted by Gasteiger charge is -2.26. The summed E-state index contributed by atoms with van der Waals surface area (Å²) < 4.78 is 11.5. The number of carbonyl (C=O) groups excluding carboxylic acids is 1. The van der Waals surface area contributed by atoms with Gasteiger partial charge in [0.15, 0.2) is 0 Å². The molecule has 0 spiro atoms. The standard InChI is InChI=1S/C22H24ClNO5/c1-22(2,3)29-21(27)24-13-16(12-18(24)20(25)26)28-19-10-9-15(23)11-17(19)14-7-5-4-6-8-14/h4-11,16,18H,12-13H2,1-3H3,(H,25,26)/t16-,18+/m1/s1. The number of hydrogen-bond acceptors (Lipinski definition) is 4. The number of halogens is 1. The first-order valence-corrected chi connectivity index (χ1v) is 9.76. The number of nitrogens with zero attached hydrogens (tertiary/aromatic N) is 1. The molecule has 2 aromatic carbocycles. The Labute approximate surface area is 175 Å². The van der Waals surface area contributed by atoms with Crippen molar-refractivity contribution < 1.29 is 24.2 Å². The Hall–Kier alpha value is -2.73. The lowest BCUT2D eigenvalue weighted by molar-refractivity contribution is -0.142. The fourth-order valence-corrected chi connectivity index (χ4v) is 3.44. The molecule has 2 aromatic rings. The minimum Gasteiger partial charge on any atom is -0.488 e. The zero-order chi connectivity index (χ0) is 21.2. The van der Waals surface area contributed by atoms with Crippen molar-refractivity contribution in [3.05, 3.63) is 53.6 Å². The second-order valence-electron chi connectivity index (χ2n) is 7.97. The van der Waals surface area contributed by atoms with Crippen LogP contribution < -0.4 is 4.74 Å². The molecular weight excluding hydrogens is 394 g/mol. The van der Waals surface area contributed by atoms with E-state index in [2.05, 4.69) is 0 Å². The predicted molar refractivity (Wildman–Crippen MR) is 110 cm³/mol. The second-order valence-corrected chi connectivity index (χ2v) is 8.41. The van der Waals surface area contributed by atoms with E-state index in [9.17, 15) is 14.7 Å². The number of ether oxygens (including phenoxy) is 2. The highest BCUT2D eigenvalue weighted by Gasteiger charge is 2.42. The van der Waals surface area contributed by atoms with Crippen molar-refractivity contribution in [2.24, 2.45) is 0 Å². The van der Waals surface area contributed by atoms with Crippen LogP contribution in [0.1, 0.15) is 27.2 Å². The summed E-state index contributed by atoms with van der Waals surface area (Å²) >= 11 is 6.17. The minimum absolute atomic E-state index is 0.128. The van der Waals surface area contributed by atoms with E-state index in [1.165, 1.54) is 4.90 Å². The molecule has 154 valence electrons. The molecule has 0 aromatic heterocycles. The van der Waals surface area contributed by atoms with Crippen molar-refractivity contribution in [2.75, 3.05) is 6.54 Å². The smallest absolute Gasteiger partial charge is 0.411 e. The number of carboxylic acid groups (broad SMARTS) is 1. The Bertz CT molecular complexity index is 894. The van der Waals surface area contributed by atoms with Crippen LogP contribution in [-0.2, 0) is 9.53 Å². The molecule has 1 heterocycles. The van der Waals surface area contributed by atoms with Crippen LogP contribution in [0.15, 0.2) is 48.5 Å². The Morgan fingerprint density at radius 2 is 1.83 bits per heavy atom. The number of carbonyl (C=O) groups is 2. The molecule has 0 bridgehead atoms. The van der Waals surface area contributed by atoms with Crippen LogP contribution in [0.25, 0.3) is 11.1 Å². The van der Waals surface area contributed by atoms with Crippen LogP contribution in [0.3, 0.4) is 0 Å². The van der Waals surface area contributed by atoms with Crippen molar-refractivity contribution in [2.45, 2.75) is 44.9 Å². The van der Waals surface area contributed by atoms with Crippen LogP contribution in [0, 0.1) is 0 Å². The molecule has 0 radical (unpaired) electrons. The quantitative estimate of drug-likeness (QED) is 0.769. The van der Waals surface area contributed by atoms with E-state index in [4.69, 9.17) is 21.1 Å². The highest BCUT2D eigenvalue weighted by Crippen LogP contribution is 2.35. The Balaban J connectivity index is 1.83. The first kappa shape index (κ1) is 21.0. The van der Waals surface area contributed by atoms with Crippen molar-refractivity contribution in [1.82, 2.24) is 4.90 Å². The number of benzene rings is 2. The lowest BCUT2D eigenvalue weighted by Crippen LogP contribution is -2.43. The van der Waals surface area contributed by atoms with Crippen molar-refractivity contribution >= 4 is 23.7 Å². The number of carboxylic acids is 1. The maximum atomic E-state index is 12.5. The summed E-state index contributed by atoms with van der Waals surface area (Å²) in [6.45, 7) is 5.35. The van der Waals surface area contributed by atoms with Gasteiger partial charge in [0.2, 0.25) is 0 Å². The van der Waals surface area contributed by atoms with Gasteiger partial charge in [-0.25, -0.2) is 9.59 Å². The fourth-order valence-electron chi connectivity index (χ4n) is 3.27. The minimum atomic E-state index is -1.08. The summed E-state index contributed by atoms with van der Waals surface area (Å²) in [5.41, 5.74) is 1.03. The van der Waals surface area contributed by atoms with Crippen LogP contribution in [-0.4, -0.2) is 46.4 Å². The van der Waals surface area contributed by atoms with E-state index in [1.807, 2.05) is 36.4 Å². The molecule has 1 aliphatic heterocycles. The first-order chi connectivity index (χ1) is 13.6. The topological polar surface area (TPSA) is 76.1 Å². The van der Waals surface area contributed by atoms with Gasteiger partial charge in [0.05, 0.1) is 6.54 Å². The van der Waals surface area contributed by atoms with Crippen molar-refractivity contribution in [1.29, 1.82) is 0 Å². The lowest BCUT2D eigenvalue weighted by atomic mass is 10.0. The van der Waals surface area contributed by atoms with E-state index in [0.717, 1.165) is 11.1 Å². The van der Waals surface area contributed by atoms with E-state index in [-0.39, 0.29) is 13.0 Å². The number of rotatable bonds is 4. The Kier molecular flexibility index (Phi) is 6.03. The van der Waals surface area contributed by atoms with Gasteiger partial charge in [-0.1, -0.05) is 41.9 Å². The zero-order valence-electron chi connectivity index (χ0n) is 16.6. The van der Waals surface area contributed by atoms with Gasteiger partial charge in [0.25, 0.3) is 0 Å². The number of amides is 1. The van der Waals surface area contributed by atoms with Crippen LogP contribution in [0.4, 0.5) is 4.79 Å². The Morgan fingerprint density at radius 1 is 1.14 bits per heavy atom. The van der Waals surface area contributed by atoms with Crippen LogP contribution in [0.5, 0.6) is 5.75 Å². The van der Waals surface area contributed by atoms with Crippen LogP contribution in [0.2, 0.25) is 5.02 Å². The molecule has 0 saturated carbocycles. The fraction of sp³-hybridized carbons (Fsp3) is 0.364. The molecule has 0 unspecified atom stereocenters. The zero-order valence-corrected chi connectivity index (χ0v) is 17.3. The van der Waals surface area contributed by atoms with Crippen molar-refractivity contribution in [3.63, 3.8) is 0 Å². The van der Waals surface area contributed by atoms with Gasteiger partial charge in [-0.05, 0) is 44.5 Å². The highest BCUT2D eigenvalue weighted by atomic mass is 35.5. The SMILES string of the molecule is CC(C)(C)OC(=O)N1C[C@H](Oc2ccc(Cl)cc2-c2ccccc2)C[C@H]1C(=O)O. The largest absolute Gasteiger partial charge is 0.488 e. The molecule has 1 saturated heterocycles. The Morgan fingerprint density at radius 3 is 2.45 bits per heavy atom. The highest BCUT2D eigenvalue weighted by molar-refractivity contribution is 6.31. The molecule has 1 fully saturated rings. The maximum absolute atomic E-state index is 12.5. The van der Waals surface area contributed by atoms with Gasteiger partial charge in [0, 0.05) is 17.0 Å². The molecule has 1 aliphatic rings. The van der Waals surface area contributed by atoms with E-state index >= 15 is 0 Å². The van der Waals surface area contributed by atoms with Crippen molar-refractivity contribution in [3.8, 4) is 16.9 Å². The molecule has 1 N–H and O–H groups in total. The molecule has 0 aliphatic carbocycles. The number of hydrogen-bond donors (Lipinski definition) is 1. The first-order valence-electron chi connectivity index (χ1n) is 9.38. The molecule has 29 heavy (non-hydrogen) atoms. The summed E-state index contributed by atoms with van der Waals surface area (Å²) in [7, 11) is 0. The summed E-state index contributed by atoms with van der Waals surface area (Å²) in [5, 5.41) is 10.1. The summed E-state index contributed by atoms with van der Waals surface area (Å²) in [5.74, 6) is -0.498. The van der Waals surface area contributed by atoms with Gasteiger partial charge in [-0.15, -0.1) is 0 Å². The third-order valence-electron chi connectivity index (χ3n) is 4.50. The molecule has 1 amide bonds. The maximum Gasteiger partial charge on any atom is 0.411 e. The molecule has 3 rings (SSSR count). The molecule has 7 heteroatoms. The van der Waals surface area contributed by atoms with Gasteiger partial charge in [-0.2, -0.15) is 0 Å². The number of aliphatic carboxylic acids is 1. The summed E-state index contributed by atoms with van der Waals surface area (Å²) in [6, 6.07) is 13.9. The van der Waals surface area contributed by atoms with Gasteiger partial charge >= 0.3 is 12.1 Å². The number of likely N-dealkylation sites (tertiary alicyclic amines) is 1. The normalized spacial score (nSPS) is 19.1. The monoisotopic (exact) mass is 417 g/mol. The molecule has 6 nitrogen and oxygen atoms in total.